The smallest absolute Gasteiger partial charge is 0.245 e. The second-order valence-electron chi connectivity index (χ2n) is 4.44. The Kier molecular flexibility index (Phi) is 3.66. The van der Waals surface area contributed by atoms with Gasteiger partial charge < -0.3 is 10.2 Å². The van der Waals surface area contributed by atoms with E-state index in [2.05, 4.69) is 39.2 Å². The molecule has 0 saturated carbocycles. The van der Waals surface area contributed by atoms with Crippen LogP contribution >= 0.6 is 0 Å². The van der Waals surface area contributed by atoms with Gasteiger partial charge in [-0.3, -0.25) is 0 Å². The van der Waals surface area contributed by atoms with E-state index in [-0.39, 0.29) is 0 Å². The first-order valence-corrected chi connectivity index (χ1v) is 5.92. The number of piperidine rings is 1. The zero-order chi connectivity index (χ0) is 11.4. The maximum atomic E-state index is 4.30. The lowest BCUT2D eigenvalue weighted by Crippen LogP contribution is -2.49. The quantitative estimate of drug-likeness (QED) is 0.819. The Morgan fingerprint density at radius 2 is 2.31 bits per heavy atom. The highest BCUT2D eigenvalue weighted by Crippen LogP contribution is 2.18. The van der Waals surface area contributed by atoms with Crippen LogP contribution in [0.15, 0.2) is 12.4 Å². The molecule has 1 aliphatic heterocycles. The highest BCUT2D eigenvalue weighted by molar-refractivity contribution is 5.31. The molecule has 1 saturated heterocycles. The Morgan fingerprint density at radius 3 is 2.88 bits per heavy atom. The molecule has 0 aliphatic carbocycles. The first-order valence-electron chi connectivity index (χ1n) is 5.92. The molecule has 0 amide bonds. The van der Waals surface area contributed by atoms with Crippen LogP contribution in [-0.4, -0.2) is 40.4 Å². The molecular weight excluding hydrogens is 202 g/mol. The van der Waals surface area contributed by atoms with Crippen molar-refractivity contribution in [2.45, 2.75) is 38.8 Å². The third-order valence-electron chi connectivity index (χ3n) is 2.92. The zero-order valence-corrected chi connectivity index (χ0v) is 9.93. The van der Waals surface area contributed by atoms with Gasteiger partial charge in [0, 0.05) is 18.6 Å². The number of nitrogens with one attached hydrogen (secondary N) is 1. The van der Waals surface area contributed by atoms with E-state index >= 15 is 0 Å². The van der Waals surface area contributed by atoms with Crippen LogP contribution in [0, 0.1) is 0 Å². The van der Waals surface area contributed by atoms with Gasteiger partial charge in [-0.15, -0.1) is 5.10 Å². The monoisotopic (exact) mass is 221 g/mol. The predicted molar refractivity (Wildman–Crippen MR) is 63.3 cm³/mol. The van der Waals surface area contributed by atoms with Crippen LogP contribution < -0.4 is 10.2 Å². The molecule has 16 heavy (non-hydrogen) atoms. The minimum absolute atomic E-state index is 0.397. The molecule has 1 N–H and O–H groups in total. The molecule has 1 atom stereocenters. The van der Waals surface area contributed by atoms with Crippen molar-refractivity contribution in [1.29, 1.82) is 0 Å². The van der Waals surface area contributed by atoms with Gasteiger partial charge in [0.25, 0.3) is 0 Å². The van der Waals surface area contributed by atoms with Crippen molar-refractivity contribution in [3.8, 4) is 0 Å². The van der Waals surface area contributed by atoms with E-state index in [0.29, 0.717) is 12.1 Å². The molecule has 1 fully saturated rings. The lowest BCUT2D eigenvalue weighted by atomic mass is 10.0. The molecular formula is C11H19N5. The SMILES string of the molecule is CC(C)N(c1nccnn1)C1CCCNC1. The van der Waals surface area contributed by atoms with Crippen LogP contribution in [0.4, 0.5) is 5.95 Å². The largest absolute Gasteiger partial charge is 0.333 e. The van der Waals surface area contributed by atoms with E-state index < -0.39 is 0 Å². The standard InChI is InChI=1S/C11H19N5/c1-9(2)16(10-4-3-5-12-8-10)11-13-6-7-14-15-11/h6-7,9-10,12H,3-5,8H2,1-2H3. The van der Waals surface area contributed by atoms with Crippen LogP contribution in [0.1, 0.15) is 26.7 Å². The van der Waals surface area contributed by atoms with Gasteiger partial charge in [0.1, 0.15) is 0 Å². The van der Waals surface area contributed by atoms with Gasteiger partial charge >= 0.3 is 0 Å². The molecule has 2 rings (SSSR count). The number of anilines is 1. The van der Waals surface area contributed by atoms with E-state index in [9.17, 15) is 0 Å². The topological polar surface area (TPSA) is 53.9 Å². The molecule has 0 bridgehead atoms. The summed E-state index contributed by atoms with van der Waals surface area (Å²) >= 11 is 0. The second kappa shape index (κ2) is 5.21. The number of rotatable bonds is 3. The Labute approximate surface area is 96.3 Å². The molecule has 0 spiro atoms. The van der Waals surface area contributed by atoms with E-state index in [4.69, 9.17) is 0 Å². The van der Waals surface area contributed by atoms with Crippen LogP contribution in [0.2, 0.25) is 0 Å². The van der Waals surface area contributed by atoms with Gasteiger partial charge in [-0.1, -0.05) is 0 Å². The second-order valence-corrected chi connectivity index (χ2v) is 4.44. The summed E-state index contributed by atoms with van der Waals surface area (Å²) < 4.78 is 0. The molecule has 5 heteroatoms. The molecule has 0 radical (unpaired) electrons. The average Bonchev–Trinajstić information content (AvgIpc) is 2.31. The van der Waals surface area contributed by atoms with Gasteiger partial charge in [0.2, 0.25) is 5.95 Å². The van der Waals surface area contributed by atoms with Crippen LogP contribution in [0.25, 0.3) is 0 Å². The summed E-state index contributed by atoms with van der Waals surface area (Å²) in [6.07, 6.45) is 5.73. The highest BCUT2D eigenvalue weighted by atomic mass is 15.3. The minimum Gasteiger partial charge on any atom is -0.333 e. The molecule has 1 aromatic heterocycles. The Bertz CT molecular complexity index is 307. The normalized spacial score (nSPS) is 21.1. The predicted octanol–water partition coefficient (Wildman–Crippen LogP) is 0.838. The lowest BCUT2D eigenvalue weighted by Gasteiger charge is -2.37. The van der Waals surface area contributed by atoms with E-state index in [0.717, 1.165) is 19.0 Å². The maximum absolute atomic E-state index is 4.30. The highest BCUT2D eigenvalue weighted by Gasteiger charge is 2.25. The Morgan fingerprint density at radius 1 is 1.44 bits per heavy atom. The van der Waals surface area contributed by atoms with Crippen LogP contribution in [-0.2, 0) is 0 Å². The fraction of sp³-hybridized carbons (Fsp3) is 0.727. The Hall–Kier alpha value is -1.23. The van der Waals surface area contributed by atoms with Crippen LogP contribution in [0.3, 0.4) is 0 Å². The van der Waals surface area contributed by atoms with Crippen LogP contribution in [0.5, 0.6) is 0 Å². The first kappa shape index (κ1) is 11.3. The van der Waals surface area contributed by atoms with Crippen molar-refractivity contribution in [1.82, 2.24) is 20.5 Å². The third-order valence-corrected chi connectivity index (χ3v) is 2.92. The fourth-order valence-corrected chi connectivity index (χ4v) is 2.25. The number of hydrogen-bond acceptors (Lipinski definition) is 5. The minimum atomic E-state index is 0.397. The summed E-state index contributed by atoms with van der Waals surface area (Å²) in [7, 11) is 0. The summed E-state index contributed by atoms with van der Waals surface area (Å²) in [6.45, 7) is 6.47. The summed E-state index contributed by atoms with van der Waals surface area (Å²) in [4.78, 5) is 6.56. The van der Waals surface area contributed by atoms with Gasteiger partial charge in [-0.25, -0.2) is 4.98 Å². The summed E-state index contributed by atoms with van der Waals surface area (Å²) in [5.74, 6) is 0.742. The Balaban J connectivity index is 2.16. The molecule has 1 aliphatic rings. The molecule has 88 valence electrons. The summed E-state index contributed by atoms with van der Waals surface area (Å²) in [6, 6.07) is 0.882. The van der Waals surface area contributed by atoms with Crippen molar-refractivity contribution in [3.63, 3.8) is 0 Å². The lowest BCUT2D eigenvalue weighted by molar-refractivity contribution is 0.408. The maximum Gasteiger partial charge on any atom is 0.245 e. The zero-order valence-electron chi connectivity index (χ0n) is 9.93. The van der Waals surface area contributed by atoms with Crippen molar-refractivity contribution < 1.29 is 0 Å². The van der Waals surface area contributed by atoms with Crippen molar-refractivity contribution in [2.75, 3.05) is 18.0 Å². The van der Waals surface area contributed by atoms with E-state index in [1.54, 1.807) is 12.4 Å². The van der Waals surface area contributed by atoms with Crippen molar-refractivity contribution >= 4 is 5.95 Å². The summed E-state index contributed by atoms with van der Waals surface area (Å²) in [5.41, 5.74) is 0. The van der Waals surface area contributed by atoms with E-state index in [1.165, 1.54) is 12.8 Å². The van der Waals surface area contributed by atoms with Gasteiger partial charge in [0.15, 0.2) is 0 Å². The van der Waals surface area contributed by atoms with Crippen molar-refractivity contribution in [3.05, 3.63) is 12.4 Å². The van der Waals surface area contributed by atoms with Crippen molar-refractivity contribution in [2.24, 2.45) is 0 Å². The molecule has 5 nitrogen and oxygen atoms in total. The molecule has 1 aromatic rings. The van der Waals surface area contributed by atoms with Gasteiger partial charge in [-0.05, 0) is 33.2 Å². The third kappa shape index (κ3) is 2.47. The first-order chi connectivity index (χ1) is 7.79. The van der Waals surface area contributed by atoms with Gasteiger partial charge in [-0.2, -0.15) is 5.10 Å². The van der Waals surface area contributed by atoms with E-state index in [1.807, 2.05) is 0 Å². The molecule has 2 heterocycles. The number of aromatic nitrogens is 3. The summed E-state index contributed by atoms with van der Waals surface area (Å²) in [5, 5.41) is 11.4. The molecule has 1 unspecified atom stereocenters. The fourth-order valence-electron chi connectivity index (χ4n) is 2.25. The average molecular weight is 221 g/mol. The van der Waals surface area contributed by atoms with Gasteiger partial charge in [0.05, 0.1) is 12.4 Å². The molecule has 0 aromatic carbocycles. The number of hydrogen-bond donors (Lipinski definition) is 1. The number of nitrogens with zero attached hydrogens (tertiary/aromatic N) is 4.